The van der Waals surface area contributed by atoms with E-state index in [0.717, 1.165) is 10.9 Å². The van der Waals surface area contributed by atoms with Crippen LogP contribution in [0.5, 0.6) is 0 Å². The molecular weight excluding hydrogens is 292 g/mol. The first-order valence-electron chi connectivity index (χ1n) is 7.36. The van der Waals surface area contributed by atoms with Crippen molar-refractivity contribution in [2.75, 3.05) is 6.54 Å². The summed E-state index contributed by atoms with van der Waals surface area (Å²) < 4.78 is 0. The summed E-state index contributed by atoms with van der Waals surface area (Å²) in [5.74, 6) is -0.725. The van der Waals surface area contributed by atoms with Crippen molar-refractivity contribution in [2.45, 2.75) is 26.8 Å². The Bertz CT molecular complexity index is 732. The van der Waals surface area contributed by atoms with Crippen LogP contribution in [0.25, 0.3) is 10.9 Å². The number of nitriles is 1. The summed E-state index contributed by atoms with van der Waals surface area (Å²) in [4.78, 5) is 27.7. The molecule has 0 aliphatic carbocycles. The van der Waals surface area contributed by atoms with Crippen molar-refractivity contribution in [3.05, 3.63) is 36.0 Å². The molecule has 1 heterocycles. The highest BCUT2D eigenvalue weighted by Crippen LogP contribution is 2.21. The van der Waals surface area contributed by atoms with Gasteiger partial charge in [0, 0.05) is 10.9 Å². The number of rotatable bonds is 4. The van der Waals surface area contributed by atoms with Gasteiger partial charge in [-0.2, -0.15) is 5.26 Å². The average Bonchev–Trinajstić information content (AvgIpc) is 2.93. The number of benzene rings is 1. The summed E-state index contributed by atoms with van der Waals surface area (Å²) >= 11 is 0. The van der Waals surface area contributed by atoms with E-state index in [4.69, 9.17) is 5.26 Å². The highest BCUT2D eigenvalue weighted by atomic mass is 16.2. The van der Waals surface area contributed by atoms with Gasteiger partial charge >= 0.3 is 0 Å². The number of aromatic amines is 1. The Morgan fingerprint density at radius 2 is 2.00 bits per heavy atom. The van der Waals surface area contributed by atoms with Crippen LogP contribution < -0.4 is 10.6 Å². The van der Waals surface area contributed by atoms with Crippen molar-refractivity contribution >= 4 is 22.7 Å². The number of hydrogen-bond donors (Lipinski definition) is 3. The van der Waals surface area contributed by atoms with Crippen LogP contribution in [0, 0.1) is 16.7 Å². The smallest absolute Gasteiger partial charge is 0.268 e. The van der Waals surface area contributed by atoms with E-state index in [-0.39, 0.29) is 18.4 Å². The molecule has 0 aliphatic rings. The highest BCUT2D eigenvalue weighted by Gasteiger charge is 2.33. The van der Waals surface area contributed by atoms with Gasteiger partial charge in [-0.05, 0) is 17.5 Å². The third-order valence-corrected chi connectivity index (χ3v) is 3.52. The first-order chi connectivity index (χ1) is 10.8. The zero-order chi connectivity index (χ0) is 17.0. The number of amides is 2. The van der Waals surface area contributed by atoms with E-state index in [1.807, 2.05) is 51.1 Å². The Kier molecular flexibility index (Phi) is 4.70. The number of aromatic nitrogens is 1. The van der Waals surface area contributed by atoms with Crippen molar-refractivity contribution in [3.63, 3.8) is 0 Å². The molecule has 6 nitrogen and oxygen atoms in total. The molecule has 1 aromatic heterocycles. The number of carbonyl (C=O) groups excluding carboxylic acids is 2. The molecule has 0 saturated heterocycles. The molecule has 3 N–H and O–H groups in total. The third-order valence-electron chi connectivity index (χ3n) is 3.52. The van der Waals surface area contributed by atoms with Crippen molar-refractivity contribution in [3.8, 4) is 6.07 Å². The molecule has 1 unspecified atom stereocenters. The number of fused-ring (bicyclic) bond motifs is 1. The maximum absolute atomic E-state index is 12.5. The molecule has 0 spiro atoms. The molecule has 0 radical (unpaired) electrons. The van der Waals surface area contributed by atoms with Crippen molar-refractivity contribution in [2.24, 2.45) is 5.41 Å². The highest BCUT2D eigenvalue weighted by molar-refractivity contribution is 6.00. The molecule has 23 heavy (non-hydrogen) atoms. The summed E-state index contributed by atoms with van der Waals surface area (Å²) in [5, 5.41) is 14.8. The molecule has 120 valence electrons. The molecule has 2 rings (SSSR count). The first kappa shape index (κ1) is 16.6. The predicted molar refractivity (Wildman–Crippen MR) is 87.6 cm³/mol. The molecule has 1 aromatic carbocycles. The Balaban J connectivity index is 2.20. The van der Waals surface area contributed by atoms with Crippen molar-refractivity contribution in [1.82, 2.24) is 15.6 Å². The maximum atomic E-state index is 12.5. The molecular formula is C17H20N4O2. The normalized spacial score (nSPS) is 12.4. The second-order valence-electron chi connectivity index (χ2n) is 6.42. The lowest BCUT2D eigenvalue weighted by Gasteiger charge is -2.29. The van der Waals surface area contributed by atoms with Crippen LogP contribution in [-0.2, 0) is 4.79 Å². The van der Waals surface area contributed by atoms with Gasteiger partial charge in [0.15, 0.2) is 0 Å². The van der Waals surface area contributed by atoms with Crippen LogP contribution in [0.1, 0.15) is 31.3 Å². The van der Waals surface area contributed by atoms with Crippen LogP contribution in [0.4, 0.5) is 0 Å². The van der Waals surface area contributed by atoms with Crippen molar-refractivity contribution in [1.29, 1.82) is 5.26 Å². The molecule has 0 saturated carbocycles. The van der Waals surface area contributed by atoms with Gasteiger partial charge in [-0.3, -0.25) is 9.59 Å². The Morgan fingerprint density at radius 1 is 1.30 bits per heavy atom. The molecule has 2 aromatic rings. The summed E-state index contributed by atoms with van der Waals surface area (Å²) in [7, 11) is 0. The second kappa shape index (κ2) is 6.53. The van der Waals surface area contributed by atoms with Crippen molar-refractivity contribution < 1.29 is 9.59 Å². The lowest BCUT2D eigenvalue weighted by atomic mass is 9.86. The monoisotopic (exact) mass is 312 g/mol. The van der Waals surface area contributed by atoms with Crippen LogP contribution in [-0.4, -0.2) is 29.4 Å². The van der Waals surface area contributed by atoms with Gasteiger partial charge in [-0.25, -0.2) is 0 Å². The van der Waals surface area contributed by atoms with Gasteiger partial charge in [-0.15, -0.1) is 0 Å². The maximum Gasteiger partial charge on any atom is 0.268 e. The molecule has 0 fully saturated rings. The minimum absolute atomic E-state index is 0.0896. The fourth-order valence-electron chi connectivity index (χ4n) is 2.31. The molecule has 6 heteroatoms. The second-order valence-corrected chi connectivity index (χ2v) is 6.42. The van der Waals surface area contributed by atoms with E-state index in [0.29, 0.717) is 5.69 Å². The number of nitrogens with zero attached hydrogens (tertiary/aromatic N) is 1. The van der Waals surface area contributed by atoms with Gasteiger partial charge in [0.25, 0.3) is 5.91 Å². The summed E-state index contributed by atoms with van der Waals surface area (Å²) in [6.45, 7) is 5.48. The molecule has 0 bridgehead atoms. The number of H-pyrrole nitrogens is 1. The number of carbonyl (C=O) groups is 2. The topological polar surface area (TPSA) is 97.8 Å². The summed E-state index contributed by atoms with van der Waals surface area (Å²) in [5.41, 5.74) is 0.772. The Labute approximate surface area is 134 Å². The van der Waals surface area contributed by atoms with E-state index in [2.05, 4.69) is 15.6 Å². The number of nitrogens with one attached hydrogen (secondary N) is 3. The van der Waals surface area contributed by atoms with E-state index in [1.165, 1.54) is 0 Å². The van der Waals surface area contributed by atoms with Crippen LogP contribution in [0.15, 0.2) is 30.3 Å². The largest absolute Gasteiger partial charge is 0.351 e. The lowest BCUT2D eigenvalue weighted by molar-refractivity contribution is -0.125. The summed E-state index contributed by atoms with van der Waals surface area (Å²) in [6, 6.07) is 10.4. The fraction of sp³-hybridized carbons (Fsp3) is 0.353. The lowest BCUT2D eigenvalue weighted by Crippen LogP contribution is -2.53. The van der Waals surface area contributed by atoms with Crippen LogP contribution >= 0.6 is 0 Å². The quantitative estimate of drug-likeness (QED) is 0.753. The fourth-order valence-corrected chi connectivity index (χ4v) is 2.31. The number of para-hydroxylation sites is 1. The Morgan fingerprint density at radius 3 is 2.61 bits per heavy atom. The van der Waals surface area contributed by atoms with Crippen LogP contribution in [0.2, 0.25) is 0 Å². The number of hydrogen-bond acceptors (Lipinski definition) is 3. The first-order valence-corrected chi connectivity index (χ1v) is 7.36. The van der Waals surface area contributed by atoms with E-state index >= 15 is 0 Å². The van der Waals surface area contributed by atoms with Gasteiger partial charge in [0.2, 0.25) is 5.91 Å². The van der Waals surface area contributed by atoms with Gasteiger partial charge < -0.3 is 15.6 Å². The SMILES string of the molecule is CC(C)(C)C(NC(=O)c1cc2ccccc2[nH]1)C(=O)NCC#N. The van der Waals surface area contributed by atoms with Gasteiger partial charge in [-0.1, -0.05) is 39.0 Å². The predicted octanol–water partition coefficient (Wildman–Crippen LogP) is 1.95. The van der Waals surface area contributed by atoms with E-state index < -0.39 is 11.5 Å². The Hall–Kier alpha value is -2.81. The molecule has 1 atom stereocenters. The van der Waals surface area contributed by atoms with Gasteiger partial charge in [0.1, 0.15) is 18.3 Å². The minimum Gasteiger partial charge on any atom is -0.351 e. The van der Waals surface area contributed by atoms with Gasteiger partial charge in [0.05, 0.1) is 6.07 Å². The minimum atomic E-state index is -0.741. The molecule has 0 aliphatic heterocycles. The third kappa shape index (κ3) is 3.89. The van der Waals surface area contributed by atoms with Crippen LogP contribution in [0.3, 0.4) is 0 Å². The zero-order valence-electron chi connectivity index (χ0n) is 13.4. The standard InChI is InChI=1S/C17H20N4O2/c1-17(2,3)14(16(23)19-9-8-18)21-15(22)13-10-11-6-4-5-7-12(11)20-13/h4-7,10,14,20H,9H2,1-3H3,(H,19,23)(H,21,22). The van der Waals surface area contributed by atoms with E-state index in [9.17, 15) is 9.59 Å². The molecule has 2 amide bonds. The van der Waals surface area contributed by atoms with E-state index in [1.54, 1.807) is 6.07 Å². The zero-order valence-corrected chi connectivity index (χ0v) is 13.4. The summed E-state index contributed by atoms with van der Waals surface area (Å²) in [6.07, 6.45) is 0. The average molecular weight is 312 g/mol.